The van der Waals surface area contributed by atoms with Crippen LogP contribution in [0.1, 0.15) is 0 Å². The number of hydrogen-bond acceptors (Lipinski definition) is 2. The molecule has 2 heteroatoms. The van der Waals surface area contributed by atoms with Gasteiger partial charge in [-0.3, -0.25) is 4.98 Å². The smallest absolute Gasteiger partial charge is 0.0702 e. The number of aromatic nitrogens is 1. The van der Waals surface area contributed by atoms with Crippen LogP contribution < -0.4 is 0 Å². The molecule has 0 N–H and O–H groups in total. The quantitative estimate of drug-likeness (QED) is 0.175. The van der Waals surface area contributed by atoms with Gasteiger partial charge >= 0.3 is 0 Å². The lowest BCUT2D eigenvalue weighted by Crippen LogP contribution is -1.92. The fourth-order valence-electron chi connectivity index (χ4n) is 7.54. The zero-order chi connectivity index (χ0) is 32.3. The third-order valence-electron chi connectivity index (χ3n) is 9.90. The van der Waals surface area contributed by atoms with Gasteiger partial charge in [0.25, 0.3) is 0 Å². The van der Waals surface area contributed by atoms with E-state index in [1.54, 1.807) is 0 Å². The van der Waals surface area contributed by atoms with Crippen molar-refractivity contribution in [3.8, 4) is 44.6 Å². The first-order valence-electron chi connectivity index (χ1n) is 16.7. The highest BCUT2D eigenvalue weighted by Gasteiger charge is 2.17. The van der Waals surface area contributed by atoms with Gasteiger partial charge in [0.2, 0.25) is 0 Å². The average molecular weight is 640 g/mol. The monoisotopic (exact) mass is 639 g/mol. The molecule has 0 aliphatic rings. The maximum absolute atomic E-state index is 5.08. The van der Waals surface area contributed by atoms with Gasteiger partial charge in [0.05, 0.1) is 5.69 Å². The molecule has 0 unspecified atom stereocenters. The molecular weight excluding hydrogens is 611 g/mol. The molecule has 2 aromatic heterocycles. The summed E-state index contributed by atoms with van der Waals surface area (Å²) < 4.78 is 2.63. The first-order chi connectivity index (χ1) is 24.3. The summed E-state index contributed by atoms with van der Waals surface area (Å²) in [4.78, 5) is 5.08. The molecule has 0 spiro atoms. The Kier molecular flexibility index (Phi) is 6.43. The predicted octanol–water partition coefficient (Wildman–Crippen LogP) is 13.6. The Morgan fingerprint density at radius 2 is 0.837 bits per heavy atom. The second-order valence-corrected chi connectivity index (χ2v) is 13.8. The van der Waals surface area contributed by atoms with Crippen LogP contribution in [0.15, 0.2) is 176 Å². The van der Waals surface area contributed by atoms with E-state index in [0.717, 1.165) is 16.8 Å². The summed E-state index contributed by atoms with van der Waals surface area (Å²) in [5.74, 6) is 0. The number of benzene rings is 8. The second kappa shape index (κ2) is 11.3. The Morgan fingerprint density at radius 3 is 1.49 bits per heavy atom. The molecule has 0 bridgehead atoms. The summed E-state index contributed by atoms with van der Waals surface area (Å²) in [6, 6.07) is 61.7. The topological polar surface area (TPSA) is 12.9 Å². The van der Waals surface area contributed by atoms with Crippen molar-refractivity contribution in [2.24, 2.45) is 0 Å². The molecule has 0 saturated heterocycles. The normalized spacial score (nSPS) is 11.7. The van der Waals surface area contributed by atoms with Crippen LogP contribution in [0.5, 0.6) is 0 Å². The molecule has 49 heavy (non-hydrogen) atoms. The fraction of sp³-hybridized carbons (Fsp3) is 0. The first kappa shape index (κ1) is 28.0. The van der Waals surface area contributed by atoms with Crippen LogP contribution in [0.3, 0.4) is 0 Å². The Balaban J connectivity index is 1.09. The molecule has 0 amide bonds. The van der Waals surface area contributed by atoms with Gasteiger partial charge < -0.3 is 0 Å². The van der Waals surface area contributed by atoms with Crippen molar-refractivity contribution in [3.05, 3.63) is 176 Å². The number of fused-ring (bicyclic) bond motifs is 6. The van der Waals surface area contributed by atoms with Crippen LogP contribution in [0, 0.1) is 0 Å². The molecule has 0 atom stereocenters. The largest absolute Gasteiger partial charge is 0.256 e. The van der Waals surface area contributed by atoms with Crippen LogP contribution in [-0.2, 0) is 0 Å². The zero-order valence-electron chi connectivity index (χ0n) is 26.6. The lowest BCUT2D eigenvalue weighted by atomic mass is 9.86. The average Bonchev–Trinajstić information content (AvgIpc) is 3.53. The van der Waals surface area contributed by atoms with Crippen molar-refractivity contribution >= 4 is 63.8 Å². The number of hydrogen-bond donors (Lipinski definition) is 0. The maximum Gasteiger partial charge on any atom is 0.0702 e. The second-order valence-electron chi connectivity index (χ2n) is 12.7. The van der Waals surface area contributed by atoms with Crippen LogP contribution in [0.4, 0.5) is 0 Å². The molecule has 10 aromatic rings. The maximum atomic E-state index is 5.08. The van der Waals surface area contributed by atoms with Crippen molar-refractivity contribution in [1.29, 1.82) is 0 Å². The summed E-state index contributed by atoms with van der Waals surface area (Å²) in [7, 11) is 0. The standard InChI is InChI=1S/C47H29NS/c1-2-10-30(11-3-1)31-18-20-32(21-19-31)46-37-14-6-8-16-39(37)47(40-17-9-7-15-38(40)46)36-22-24-43(48-29-36)35-23-25-44-41(27-35)42-26-33-12-4-5-13-34(33)28-45(42)49-44/h1-29H. The van der Waals surface area contributed by atoms with Crippen molar-refractivity contribution < 1.29 is 0 Å². The first-order valence-corrected chi connectivity index (χ1v) is 17.5. The van der Waals surface area contributed by atoms with Crippen molar-refractivity contribution in [1.82, 2.24) is 4.98 Å². The number of rotatable bonds is 4. The van der Waals surface area contributed by atoms with Crippen molar-refractivity contribution in [3.63, 3.8) is 0 Å². The fourth-order valence-corrected chi connectivity index (χ4v) is 8.66. The van der Waals surface area contributed by atoms with Gasteiger partial charge in [-0.1, -0.05) is 140 Å². The van der Waals surface area contributed by atoms with E-state index in [2.05, 4.69) is 176 Å². The van der Waals surface area contributed by atoms with Gasteiger partial charge in [-0.05, 0) is 90.5 Å². The van der Waals surface area contributed by atoms with E-state index >= 15 is 0 Å². The molecule has 228 valence electrons. The van der Waals surface area contributed by atoms with Crippen LogP contribution in [-0.4, -0.2) is 4.98 Å². The van der Waals surface area contributed by atoms with Gasteiger partial charge in [-0.2, -0.15) is 0 Å². The van der Waals surface area contributed by atoms with E-state index in [4.69, 9.17) is 4.98 Å². The highest BCUT2D eigenvalue weighted by atomic mass is 32.1. The van der Waals surface area contributed by atoms with Gasteiger partial charge in [0, 0.05) is 37.5 Å². The van der Waals surface area contributed by atoms with Gasteiger partial charge in [0.1, 0.15) is 0 Å². The minimum atomic E-state index is 0.981. The molecule has 0 saturated carbocycles. The Hall–Kier alpha value is -6.09. The van der Waals surface area contributed by atoms with Gasteiger partial charge in [0.15, 0.2) is 0 Å². The van der Waals surface area contributed by atoms with E-state index in [-0.39, 0.29) is 0 Å². The van der Waals surface area contributed by atoms with Gasteiger partial charge in [-0.15, -0.1) is 11.3 Å². The van der Waals surface area contributed by atoms with E-state index in [1.807, 2.05) is 11.3 Å². The van der Waals surface area contributed by atoms with Crippen LogP contribution in [0.2, 0.25) is 0 Å². The summed E-state index contributed by atoms with van der Waals surface area (Å²) in [6.07, 6.45) is 2.06. The number of thiophene rings is 1. The Morgan fingerprint density at radius 1 is 0.327 bits per heavy atom. The Labute approximate surface area is 288 Å². The summed E-state index contributed by atoms with van der Waals surface area (Å²) >= 11 is 1.86. The van der Waals surface area contributed by atoms with Crippen molar-refractivity contribution in [2.75, 3.05) is 0 Å². The van der Waals surface area contributed by atoms with Crippen LogP contribution >= 0.6 is 11.3 Å². The lowest BCUT2D eigenvalue weighted by Gasteiger charge is -2.18. The summed E-state index contributed by atoms with van der Waals surface area (Å²) in [5.41, 5.74) is 9.40. The molecule has 2 heterocycles. The molecule has 8 aromatic carbocycles. The predicted molar refractivity (Wildman–Crippen MR) is 211 cm³/mol. The SMILES string of the molecule is c1ccc(-c2ccc(-c3c4ccccc4c(-c4ccc(-c5ccc6sc7cc8ccccc8cc7c6c5)nc4)c4ccccc34)cc2)cc1. The summed E-state index contributed by atoms with van der Waals surface area (Å²) in [6.45, 7) is 0. The molecule has 0 aliphatic carbocycles. The molecule has 0 radical (unpaired) electrons. The van der Waals surface area contributed by atoms with Crippen LogP contribution in [0.25, 0.3) is 97.1 Å². The highest BCUT2D eigenvalue weighted by Crippen LogP contribution is 2.44. The van der Waals surface area contributed by atoms with E-state index in [9.17, 15) is 0 Å². The molecule has 10 rings (SSSR count). The van der Waals surface area contributed by atoms with E-state index in [0.29, 0.717) is 0 Å². The molecule has 0 aliphatic heterocycles. The van der Waals surface area contributed by atoms with E-state index < -0.39 is 0 Å². The number of pyridine rings is 1. The van der Waals surface area contributed by atoms with Crippen molar-refractivity contribution in [2.45, 2.75) is 0 Å². The third-order valence-corrected chi connectivity index (χ3v) is 11.0. The molecular formula is C47H29NS. The minimum absolute atomic E-state index is 0.981. The zero-order valence-corrected chi connectivity index (χ0v) is 27.4. The molecule has 1 nitrogen and oxygen atoms in total. The number of nitrogens with zero attached hydrogens (tertiary/aromatic N) is 1. The highest BCUT2D eigenvalue weighted by molar-refractivity contribution is 7.25. The third kappa shape index (κ3) is 4.64. The van der Waals surface area contributed by atoms with E-state index in [1.165, 1.54) is 80.3 Å². The minimum Gasteiger partial charge on any atom is -0.256 e. The van der Waals surface area contributed by atoms with Gasteiger partial charge in [-0.25, -0.2) is 0 Å². The summed E-state index contributed by atoms with van der Waals surface area (Å²) in [5, 5.41) is 10.1. The lowest BCUT2D eigenvalue weighted by molar-refractivity contribution is 1.33. The molecule has 0 fully saturated rings. The Bertz CT molecular complexity index is 2790.